The number of hydrogen-bond acceptors (Lipinski definition) is 4. The van der Waals surface area contributed by atoms with E-state index in [1.54, 1.807) is 25.7 Å². The predicted octanol–water partition coefficient (Wildman–Crippen LogP) is 6.22. The highest BCUT2D eigenvalue weighted by Crippen LogP contribution is 2.27. The summed E-state index contributed by atoms with van der Waals surface area (Å²) in [5.41, 5.74) is 2.27. The minimum Gasteiger partial charge on any atom is -0.444 e. The van der Waals surface area contributed by atoms with Crippen LogP contribution in [-0.2, 0) is 14.3 Å². The molecule has 7 heteroatoms. The summed E-state index contributed by atoms with van der Waals surface area (Å²) in [6.07, 6.45) is 3.84. The average molecular weight is 518 g/mol. The molecule has 0 radical (unpaired) electrons. The average Bonchev–Trinajstić information content (AvgIpc) is 2.77. The molecule has 1 rings (SSSR count). The van der Waals surface area contributed by atoms with Crippen molar-refractivity contribution in [2.75, 3.05) is 6.54 Å². The molecule has 0 aliphatic heterocycles. The molecule has 0 aromatic heterocycles. The molecule has 0 heterocycles. The van der Waals surface area contributed by atoms with Crippen LogP contribution in [0.25, 0.3) is 0 Å². The lowest BCUT2D eigenvalue weighted by molar-refractivity contribution is -0.143. The van der Waals surface area contributed by atoms with Gasteiger partial charge in [-0.05, 0) is 77.0 Å². The van der Waals surface area contributed by atoms with Gasteiger partial charge in [0, 0.05) is 12.6 Å². The van der Waals surface area contributed by atoms with Crippen LogP contribution in [0.3, 0.4) is 0 Å². The molecule has 2 N–H and O–H groups in total. The molecule has 0 aliphatic carbocycles. The first kappa shape index (κ1) is 32.5. The number of benzene rings is 1. The molecule has 3 atom stereocenters. The Hall–Kier alpha value is -2.57. The van der Waals surface area contributed by atoms with E-state index in [4.69, 9.17) is 4.74 Å². The Kier molecular flexibility index (Phi) is 13.2. The van der Waals surface area contributed by atoms with Gasteiger partial charge in [0.15, 0.2) is 0 Å². The number of amides is 3. The predicted molar refractivity (Wildman–Crippen MR) is 150 cm³/mol. The van der Waals surface area contributed by atoms with E-state index < -0.39 is 23.8 Å². The zero-order chi connectivity index (χ0) is 28.3. The minimum absolute atomic E-state index is 0.0140. The van der Waals surface area contributed by atoms with E-state index in [2.05, 4.69) is 24.5 Å². The van der Waals surface area contributed by atoms with E-state index in [0.717, 1.165) is 48.8 Å². The third-order valence-corrected chi connectivity index (χ3v) is 6.41. The van der Waals surface area contributed by atoms with E-state index in [0.29, 0.717) is 6.54 Å². The number of unbranched alkanes of at least 4 members (excludes halogenated alkanes) is 2. The molecular formula is C30H51N3O4. The van der Waals surface area contributed by atoms with Crippen molar-refractivity contribution in [1.82, 2.24) is 15.5 Å². The lowest BCUT2D eigenvalue weighted by Gasteiger charge is -2.36. The van der Waals surface area contributed by atoms with Crippen molar-refractivity contribution < 1.29 is 19.1 Å². The highest BCUT2D eigenvalue weighted by Gasteiger charge is 2.37. The molecule has 0 spiro atoms. The van der Waals surface area contributed by atoms with Crippen LogP contribution in [0.15, 0.2) is 18.2 Å². The van der Waals surface area contributed by atoms with Gasteiger partial charge >= 0.3 is 6.09 Å². The second-order valence-electron chi connectivity index (χ2n) is 11.6. The molecule has 3 unspecified atom stereocenters. The van der Waals surface area contributed by atoms with Crippen molar-refractivity contribution in [3.05, 3.63) is 34.9 Å². The summed E-state index contributed by atoms with van der Waals surface area (Å²) in [5, 5.41) is 5.92. The number of rotatable bonds is 13. The van der Waals surface area contributed by atoms with Crippen molar-refractivity contribution in [1.29, 1.82) is 0 Å². The van der Waals surface area contributed by atoms with Crippen LogP contribution in [0.4, 0.5) is 4.79 Å². The molecular weight excluding hydrogens is 466 g/mol. The quantitative estimate of drug-likeness (QED) is 0.304. The van der Waals surface area contributed by atoms with Crippen LogP contribution in [0.1, 0.15) is 110 Å². The zero-order valence-electron chi connectivity index (χ0n) is 24.9. The van der Waals surface area contributed by atoms with Crippen molar-refractivity contribution in [2.24, 2.45) is 5.92 Å². The number of aryl methyl sites for hydroxylation is 2. The van der Waals surface area contributed by atoms with Gasteiger partial charge in [-0.15, -0.1) is 0 Å². The lowest BCUT2D eigenvalue weighted by atomic mass is 9.96. The monoisotopic (exact) mass is 517 g/mol. The molecule has 0 aliphatic rings. The third kappa shape index (κ3) is 10.7. The Labute approximate surface area is 225 Å². The molecule has 0 saturated carbocycles. The standard InChI is InChI=1S/C30H51N3O4/c1-11-13-14-18-33(28(35)25(20(3)4)32-29(36)37-30(8,9)10)26(27(34)31-23(7)15-12-2)24-17-16-21(5)22(6)19-24/h16-17,19-20,23,25-26H,11-15,18H2,1-10H3,(H,31,34)(H,32,36). The number of alkyl carbamates (subject to hydrolysis) is 1. The summed E-state index contributed by atoms with van der Waals surface area (Å²) >= 11 is 0. The number of carbonyl (C=O) groups is 3. The van der Waals surface area contributed by atoms with Gasteiger partial charge in [-0.2, -0.15) is 0 Å². The molecule has 0 saturated heterocycles. The van der Waals surface area contributed by atoms with Gasteiger partial charge in [-0.3, -0.25) is 9.59 Å². The Morgan fingerprint density at radius 1 is 0.946 bits per heavy atom. The van der Waals surface area contributed by atoms with Crippen LogP contribution in [0.5, 0.6) is 0 Å². The van der Waals surface area contributed by atoms with Gasteiger partial charge in [0.1, 0.15) is 17.7 Å². The van der Waals surface area contributed by atoms with Crippen molar-refractivity contribution in [3.8, 4) is 0 Å². The first-order valence-electron chi connectivity index (χ1n) is 13.9. The molecule has 1 aromatic carbocycles. The fourth-order valence-electron chi connectivity index (χ4n) is 4.26. The molecule has 3 amide bonds. The van der Waals surface area contributed by atoms with Gasteiger partial charge in [-0.1, -0.05) is 65.2 Å². The van der Waals surface area contributed by atoms with E-state index in [9.17, 15) is 14.4 Å². The summed E-state index contributed by atoms with van der Waals surface area (Å²) in [7, 11) is 0. The molecule has 0 bridgehead atoms. The maximum absolute atomic E-state index is 14.1. The van der Waals surface area contributed by atoms with E-state index >= 15 is 0 Å². The Balaban J connectivity index is 3.52. The molecule has 0 fully saturated rings. The summed E-state index contributed by atoms with van der Waals surface area (Å²) in [4.78, 5) is 42.2. The number of ether oxygens (including phenoxy) is 1. The Morgan fingerprint density at radius 2 is 1.59 bits per heavy atom. The number of nitrogens with one attached hydrogen (secondary N) is 2. The van der Waals surface area contributed by atoms with Crippen LogP contribution >= 0.6 is 0 Å². The minimum atomic E-state index is -0.827. The van der Waals surface area contributed by atoms with Crippen LogP contribution < -0.4 is 10.6 Å². The van der Waals surface area contributed by atoms with E-state index in [1.165, 1.54) is 0 Å². The SMILES string of the molecule is CCCCCN(C(=O)C(NC(=O)OC(C)(C)C)C(C)C)C(C(=O)NC(C)CCC)c1ccc(C)c(C)c1. The molecule has 1 aromatic rings. The fourth-order valence-corrected chi connectivity index (χ4v) is 4.26. The van der Waals surface area contributed by atoms with Crippen LogP contribution in [-0.4, -0.2) is 47.0 Å². The largest absolute Gasteiger partial charge is 0.444 e. The zero-order valence-corrected chi connectivity index (χ0v) is 24.9. The third-order valence-electron chi connectivity index (χ3n) is 6.41. The fraction of sp³-hybridized carbons (Fsp3) is 0.700. The first-order valence-corrected chi connectivity index (χ1v) is 13.9. The number of nitrogens with zero attached hydrogens (tertiary/aromatic N) is 1. The molecule has 210 valence electrons. The maximum atomic E-state index is 14.1. The maximum Gasteiger partial charge on any atom is 0.408 e. The highest BCUT2D eigenvalue weighted by atomic mass is 16.6. The van der Waals surface area contributed by atoms with Gasteiger partial charge in [-0.25, -0.2) is 4.79 Å². The Bertz CT molecular complexity index is 891. The van der Waals surface area contributed by atoms with Gasteiger partial charge < -0.3 is 20.3 Å². The molecule has 37 heavy (non-hydrogen) atoms. The Morgan fingerprint density at radius 3 is 2.11 bits per heavy atom. The van der Waals surface area contributed by atoms with Gasteiger partial charge in [0.25, 0.3) is 0 Å². The van der Waals surface area contributed by atoms with Crippen LogP contribution in [0, 0.1) is 19.8 Å². The smallest absolute Gasteiger partial charge is 0.408 e. The highest BCUT2D eigenvalue weighted by molar-refractivity contribution is 5.92. The lowest BCUT2D eigenvalue weighted by Crippen LogP contribution is -2.55. The second kappa shape index (κ2) is 15.0. The first-order chi connectivity index (χ1) is 17.2. The van der Waals surface area contributed by atoms with Crippen molar-refractivity contribution in [2.45, 2.75) is 125 Å². The van der Waals surface area contributed by atoms with Gasteiger partial charge in [0.2, 0.25) is 11.8 Å². The van der Waals surface area contributed by atoms with E-state index in [-0.39, 0.29) is 23.8 Å². The topological polar surface area (TPSA) is 87.7 Å². The van der Waals surface area contributed by atoms with Crippen molar-refractivity contribution >= 4 is 17.9 Å². The number of carbonyl (C=O) groups excluding carboxylic acids is 3. The number of hydrogen-bond donors (Lipinski definition) is 2. The van der Waals surface area contributed by atoms with Crippen LogP contribution in [0.2, 0.25) is 0 Å². The summed E-state index contributed by atoms with van der Waals surface area (Å²) in [6, 6.07) is 4.28. The van der Waals surface area contributed by atoms with Gasteiger partial charge in [0.05, 0.1) is 0 Å². The molecule has 7 nitrogen and oxygen atoms in total. The summed E-state index contributed by atoms with van der Waals surface area (Å²) < 4.78 is 5.45. The summed E-state index contributed by atoms with van der Waals surface area (Å²) in [5.74, 6) is -0.677. The normalized spacial score (nSPS) is 14.0. The summed E-state index contributed by atoms with van der Waals surface area (Å²) in [6.45, 7) is 19.8. The second-order valence-corrected chi connectivity index (χ2v) is 11.6. The van der Waals surface area contributed by atoms with E-state index in [1.807, 2.05) is 52.8 Å². The van der Waals surface area contributed by atoms with Crippen molar-refractivity contribution in [3.63, 3.8) is 0 Å².